The number of benzene rings is 1. The van der Waals surface area contributed by atoms with Crippen molar-refractivity contribution in [2.24, 2.45) is 0 Å². The van der Waals surface area contributed by atoms with Crippen LogP contribution in [0.15, 0.2) is 6.07 Å². The topological polar surface area (TPSA) is 53.7 Å². The maximum atomic E-state index is 6.14. The third kappa shape index (κ3) is 2.37. The lowest BCUT2D eigenvalue weighted by atomic mass is 9.77. The molecular weight excluding hydrogens is 300 g/mol. The molecule has 1 aliphatic heterocycles. The second kappa shape index (κ2) is 4.99. The first-order valence-corrected chi connectivity index (χ1v) is 7.03. The maximum Gasteiger partial charge on any atom is 0.497 e. The predicted octanol–water partition coefficient (Wildman–Crippen LogP) is 2.88. The van der Waals surface area contributed by atoms with Gasteiger partial charge in [0, 0.05) is 5.46 Å². The molecular formula is C13H18BCl2NO3. The van der Waals surface area contributed by atoms with E-state index in [0.717, 1.165) is 0 Å². The van der Waals surface area contributed by atoms with Gasteiger partial charge in [-0.25, -0.2) is 0 Å². The minimum atomic E-state index is -0.608. The Hall–Kier alpha value is -0.615. The highest BCUT2D eigenvalue weighted by atomic mass is 35.5. The van der Waals surface area contributed by atoms with Crippen molar-refractivity contribution in [2.45, 2.75) is 38.9 Å². The molecule has 7 heteroatoms. The van der Waals surface area contributed by atoms with E-state index >= 15 is 0 Å². The number of methoxy groups -OCH3 is 1. The van der Waals surface area contributed by atoms with Gasteiger partial charge in [-0.1, -0.05) is 23.2 Å². The summed E-state index contributed by atoms with van der Waals surface area (Å²) in [5.41, 5.74) is 6.09. The monoisotopic (exact) mass is 317 g/mol. The Morgan fingerprint density at radius 1 is 1.10 bits per heavy atom. The molecule has 0 radical (unpaired) electrons. The quantitative estimate of drug-likeness (QED) is 0.673. The van der Waals surface area contributed by atoms with Crippen LogP contribution in [0.3, 0.4) is 0 Å². The third-order valence-electron chi connectivity index (χ3n) is 3.97. The molecule has 0 saturated carbocycles. The predicted molar refractivity (Wildman–Crippen MR) is 83.1 cm³/mol. The third-order valence-corrected chi connectivity index (χ3v) is 4.83. The van der Waals surface area contributed by atoms with Gasteiger partial charge in [0.1, 0.15) is 10.8 Å². The lowest BCUT2D eigenvalue weighted by Gasteiger charge is -2.32. The molecule has 1 saturated heterocycles. The van der Waals surface area contributed by atoms with Gasteiger partial charge in [-0.15, -0.1) is 0 Å². The Morgan fingerprint density at radius 2 is 1.60 bits per heavy atom. The average molecular weight is 318 g/mol. The first-order chi connectivity index (χ1) is 9.10. The summed E-state index contributed by atoms with van der Waals surface area (Å²) in [6.45, 7) is 7.88. The molecule has 2 rings (SSSR count). The molecule has 0 unspecified atom stereocenters. The Kier molecular flexibility index (Phi) is 3.93. The molecule has 1 aromatic rings. The first-order valence-electron chi connectivity index (χ1n) is 6.27. The Balaban J connectivity index is 2.48. The van der Waals surface area contributed by atoms with E-state index < -0.39 is 18.3 Å². The summed E-state index contributed by atoms with van der Waals surface area (Å²) >= 11 is 12.2. The van der Waals surface area contributed by atoms with Gasteiger partial charge < -0.3 is 19.8 Å². The summed E-state index contributed by atoms with van der Waals surface area (Å²) in [6, 6.07) is 1.70. The van der Waals surface area contributed by atoms with E-state index in [0.29, 0.717) is 16.9 Å². The minimum absolute atomic E-state index is 0.246. The molecule has 0 aliphatic carbocycles. The summed E-state index contributed by atoms with van der Waals surface area (Å²) in [5, 5.41) is 0.530. The van der Waals surface area contributed by atoms with Crippen molar-refractivity contribution in [3.63, 3.8) is 0 Å². The molecule has 0 spiro atoms. The average Bonchev–Trinajstić information content (AvgIpc) is 2.56. The Labute approximate surface area is 129 Å². The molecule has 2 N–H and O–H groups in total. The zero-order valence-electron chi connectivity index (χ0n) is 12.2. The van der Waals surface area contributed by atoms with Crippen LogP contribution >= 0.6 is 23.2 Å². The number of hydrogen-bond donors (Lipinski definition) is 1. The minimum Gasteiger partial charge on any atom is -0.495 e. The Bertz CT molecular complexity index is 533. The van der Waals surface area contributed by atoms with E-state index in [1.165, 1.54) is 7.11 Å². The van der Waals surface area contributed by atoms with E-state index in [4.69, 9.17) is 43.0 Å². The second-order valence-corrected chi connectivity index (χ2v) is 6.55. The number of nitrogen functional groups attached to an aromatic ring is 1. The summed E-state index contributed by atoms with van der Waals surface area (Å²) in [7, 11) is 0.908. The lowest BCUT2D eigenvalue weighted by molar-refractivity contribution is 0.00578. The molecule has 1 heterocycles. The molecule has 1 aromatic carbocycles. The fraction of sp³-hybridized carbons (Fsp3) is 0.538. The van der Waals surface area contributed by atoms with Crippen LogP contribution in [0.1, 0.15) is 27.7 Å². The SMILES string of the molecule is COc1cc(B2OC(C)(C)C(C)(C)O2)c(N)c(Cl)c1Cl. The lowest BCUT2D eigenvalue weighted by Crippen LogP contribution is -2.41. The zero-order valence-corrected chi connectivity index (χ0v) is 13.7. The van der Waals surface area contributed by atoms with E-state index in [-0.39, 0.29) is 10.0 Å². The smallest absolute Gasteiger partial charge is 0.495 e. The number of halogens is 2. The van der Waals surface area contributed by atoms with Crippen molar-refractivity contribution in [3.05, 3.63) is 16.1 Å². The fourth-order valence-electron chi connectivity index (χ4n) is 1.95. The second-order valence-electron chi connectivity index (χ2n) is 5.80. The number of rotatable bonds is 2. The molecule has 0 bridgehead atoms. The van der Waals surface area contributed by atoms with Crippen LogP contribution in [0, 0.1) is 0 Å². The largest absolute Gasteiger partial charge is 0.497 e. The van der Waals surface area contributed by atoms with Gasteiger partial charge in [0.05, 0.1) is 29.0 Å². The highest BCUT2D eigenvalue weighted by molar-refractivity contribution is 6.65. The van der Waals surface area contributed by atoms with Crippen LogP contribution in [-0.4, -0.2) is 25.4 Å². The van der Waals surface area contributed by atoms with Gasteiger partial charge in [-0.2, -0.15) is 0 Å². The first kappa shape index (κ1) is 15.8. The van der Waals surface area contributed by atoms with E-state index in [1.807, 2.05) is 27.7 Å². The van der Waals surface area contributed by atoms with Gasteiger partial charge in [0.2, 0.25) is 0 Å². The highest BCUT2D eigenvalue weighted by Gasteiger charge is 2.52. The molecule has 20 heavy (non-hydrogen) atoms. The maximum absolute atomic E-state index is 6.14. The van der Waals surface area contributed by atoms with Gasteiger partial charge in [-0.05, 0) is 33.8 Å². The normalized spacial score (nSPS) is 20.2. The van der Waals surface area contributed by atoms with Gasteiger partial charge in [-0.3, -0.25) is 0 Å². The van der Waals surface area contributed by atoms with Crippen LogP contribution < -0.4 is 15.9 Å². The van der Waals surface area contributed by atoms with Crippen molar-refractivity contribution in [1.29, 1.82) is 0 Å². The Morgan fingerprint density at radius 3 is 2.05 bits per heavy atom. The molecule has 110 valence electrons. The summed E-state index contributed by atoms with van der Waals surface area (Å²) in [5.74, 6) is 0.440. The van der Waals surface area contributed by atoms with Gasteiger partial charge in [0.15, 0.2) is 0 Å². The van der Waals surface area contributed by atoms with Crippen molar-refractivity contribution < 1.29 is 14.0 Å². The van der Waals surface area contributed by atoms with Crippen molar-refractivity contribution >= 4 is 41.5 Å². The van der Waals surface area contributed by atoms with Gasteiger partial charge in [0.25, 0.3) is 0 Å². The zero-order chi connectivity index (χ0) is 15.3. The van der Waals surface area contributed by atoms with Crippen LogP contribution in [0.2, 0.25) is 10.0 Å². The van der Waals surface area contributed by atoms with E-state index in [9.17, 15) is 0 Å². The number of ether oxygens (including phenoxy) is 1. The standard InChI is InChI=1S/C13H18BCl2NO3/c1-12(2)13(3,4)20-14(19-12)7-6-8(18-5)9(15)10(16)11(7)17/h6H,17H2,1-5H3. The van der Waals surface area contributed by atoms with Crippen molar-refractivity contribution in [2.75, 3.05) is 12.8 Å². The van der Waals surface area contributed by atoms with Crippen LogP contribution in [0.5, 0.6) is 5.75 Å². The molecule has 1 aliphatic rings. The number of hydrogen-bond acceptors (Lipinski definition) is 4. The summed E-state index contributed by atoms with van der Waals surface area (Å²) in [4.78, 5) is 0. The fourth-order valence-corrected chi connectivity index (χ4v) is 2.38. The van der Waals surface area contributed by atoms with E-state index in [2.05, 4.69) is 0 Å². The molecule has 1 fully saturated rings. The summed E-state index contributed by atoms with van der Waals surface area (Å²) in [6.07, 6.45) is 0. The number of anilines is 1. The molecule has 4 nitrogen and oxygen atoms in total. The van der Waals surface area contributed by atoms with E-state index in [1.54, 1.807) is 6.07 Å². The van der Waals surface area contributed by atoms with Crippen LogP contribution in [-0.2, 0) is 9.31 Å². The van der Waals surface area contributed by atoms with Crippen molar-refractivity contribution in [3.8, 4) is 5.75 Å². The van der Waals surface area contributed by atoms with Crippen LogP contribution in [0.4, 0.5) is 5.69 Å². The molecule has 0 amide bonds. The molecule has 0 atom stereocenters. The van der Waals surface area contributed by atoms with Crippen LogP contribution in [0.25, 0.3) is 0 Å². The van der Waals surface area contributed by atoms with Gasteiger partial charge >= 0.3 is 7.12 Å². The molecule has 0 aromatic heterocycles. The highest BCUT2D eigenvalue weighted by Crippen LogP contribution is 2.40. The summed E-state index contributed by atoms with van der Waals surface area (Å²) < 4.78 is 17.1. The number of nitrogens with two attached hydrogens (primary N) is 1. The van der Waals surface area contributed by atoms with Crippen molar-refractivity contribution in [1.82, 2.24) is 0 Å².